The van der Waals surface area contributed by atoms with Crippen LogP contribution in [0.15, 0.2) is 0 Å². The quantitative estimate of drug-likeness (QED) is 0.488. The molecule has 0 rings (SSSR count). The van der Waals surface area contributed by atoms with Gasteiger partial charge in [0.1, 0.15) is 0 Å². The van der Waals surface area contributed by atoms with Crippen molar-refractivity contribution in [3.8, 4) is 0 Å². The van der Waals surface area contributed by atoms with E-state index in [2.05, 4.69) is 12.2 Å². The number of rotatable bonds is 10. The van der Waals surface area contributed by atoms with Gasteiger partial charge in [-0.3, -0.25) is 0 Å². The number of aliphatic hydroxyl groups excluding tert-OH is 1. The van der Waals surface area contributed by atoms with E-state index < -0.39 is 5.60 Å². The van der Waals surface area contributed by atoms with Gasteiger partial charge < -0.3 is 15.5 Å². The third-order valence-electron chi connectivity index (χ3n) is 2.55. The van der Waals surface area contributed by atoms with Crippen LogP contribution >= 0.6 is 0 Å². The number of nitrogens with one attached hydrogen (secondary N) is 1. The highest BCUT2D eigenvalue weighted by Crippen LogP contribution is 2.04. The van der Waals surface area contributed by atoms with Crippen LogP contribution in [-0.4, -0.2) is 35.5 Å². The average Bonchev–Trinajstić information content (AvgIpc) is 2.22. The maximum atomic E-state index is 9.48. The van der Waals surface area contributed by atoms with E-state index in [1.54, 1.807) is 6.92 Å². The topological polar surface area (TPSA) is 52.5 Å². The fourth-order valence-corrected chi connectivity index (χ4v) is 1.44. The van der Waals surface area contributed by atoms with E-state index in [1.165, 1.54) is 32.1 Å². The molecule has 1 unspecified atom stereocenters. The number of unbranched alkanes of at least 4 members (excludes halogenated alkanes) is 5. The molecule has 0 aromatic carbocycles. The molecule has 0 saturated carbocycles. The van der Waals surface area contributed by atoms with Crippen LogP contribution < -0.4 is 5.32 Å². The predicted molar refractivity (Wildman–Crippen MR) is 64.0 cm³/mol. The Morgan fingerprint density at radius 3 is 2.27 bits per heavy atom. The lowest BCUT2D eigenvalue weighted by atomic mass is 10.1. The monoisotopic (exact) mass is 217 g/mol. The van der Waals surface area contributed by atoms with Crippen LogP contribution in [0.4, 0.5) is 0 Å². The van der Waals surface area contributed by atoms with Crippen LogP contribution in [0.1, 0.15) is 52.4 Å². The average molecular weight is 217 g/mol. The zero-order valence-electron chi connectivity index (χ0n) is 10.3. The summed E-state index contributed by atoms with van der Waals surface area (Å²) in [6, 6.07) is 0. The Kier molecular flexibility index (Phi) is 9.06. The van der Waals surface area contributed by atoms with Crippen molar-refractivity contribution in [1.82, 2.24) is 5.32 Å². The van der Waals surface area contributed by atoms with Gasteiger partial charge in [-0.2, -0.15) is 0 Å². The standard InChI is InChI=1S/C12H27NO2/c1-3-4-5-6-7-8-9-13-10-12(2,15)11-14/h13-15H,3-11H2,1-2H3. The van der Waals surface area contributed by atoms with Crippen molar-refractivity contribution in [3.05, 3.63) is 0 Å². The fraction of sp³-hybridized carbons (Fsp3) is 1.00. The zero-order valence-corrected chi connectivity index (χ0v) is 10.3. The third kappa shape index (κ3) is 10.2. The highest BCUT2D eigenvalue weighted by Gasteiger charge is 2.17. The summed E-state index contributed by atoms with van der Waals surface area (Å²) >= 11 is 0. The van der Waals surface area contributed by atoms with E-state index >= 15 is 0 Å². The van der Waals surface area contributed by atoms with Crippen LogP contribution in [0, 0.1) is 0 Å². The van der Waals surface area contributed by atoms with Crippen LogP contribution in [0.25, 0.3) is 0 Å². The van der Waals surface area contributed by atoms with Crippen LogP contribution in [0.5, 0.6) is 0 Å². The van der Waals surface area contributed by atoms with Gasteiger partial charge in [-0.1, -0.05) is 39.0 Å². The van der Waals surface area contributed by atoms with Crippen molar-refractivity contribution in [1.29, 1.82) is 0 Å². The molecule has 0 bridgehead atoms. The van der Waals surface area contributed by atoms with Gasteiger partial charge in [0.2, 0.25) is 0 Å². The molecule has 3 N–H and O–H groups in total. The summed E-state index contributed by atoms with van der Waals surface area (Å²) in [5.74, 6) is 0. The smallest absolute Gasteiger partial charge is 0.0972 e. The predicted octanol–water partition coefficient (Wildman–Crippen LogP) is 1.68. The second-order valence-electron chi connectivity index (χ2n) is 4.60. The first-order chi connectivity index (χ1) is 7.12. The number of hydrogen-bond donors (Lipinski definition) is 3. The first-order valence-corrected chi connectivity index (χ1v) is 6.16. The summed E-state index contributed by atoms with van der Waals surface area (Å²) in [5.41, 5.74) is -0.970. The van der Waals surface area contributed by atoms with Crippen molar-refractivity contribution in [2.45, 2.75) is 58.0 Å². The molecule has 3 heteroatoms. The largest absolute Gasteiger partial charge is 0.393 e. The molecule has 3 nitrogen and oxygen atoms in total. The van der Waals surface area contributed by atoms with Gasteiger partial charge in [0.05, 0.1) is 12.2 Å². The van der Waals surface area contributed by atoms with E-state index in [-0.39, 0.29) is 6.61 Å². The molecule has 92 valence electrons. The summed E-state index contributed by atoms with van der Waals surface area (Å²) in [5, 5.41) is 21.4. The summed E-state index contributed by atoms with van der Waals surface area (Å²) in [4.78, 5) is 0. The van der Waals surface area contributed by atoms with Crippen molar-refractivity contribution in [3.63, 3.8) is 0 Å². The summed E-state index contributed by atoms with van der Waals surface area (Å²) < 4.78 is 0. The number of hydrogen-bond acceptors (Lipinski definition) is 3. The Labute approximate surface area is 93.9 Å². The zero-order chi connectivity index (χ0) is 11.6. The van der Waals surface area contributed by atoms with E-state index in [0.29, 0.717) is 6.54 Å². The maximum absolute atomic E-state index is 9.48. The molecule has 0 fully saturated rings. The molecule has 15 heavy (non-hydrogen) atoms. The van der Waals surface area contributed by atoms with Gasteiger partial charge >= 0.3 is 0 Å². The van der Waals surface area contributed by atoms with Crippen molar-refractivity contribution in [2.75, 3.05) is 19.7 Å². The molecule has 0 saturated heterocycles. The van der Waals surface area contributed by atoms with Crippen LogP contribution in [0.2, 0.25) is 0 Å². The maximum Gasteiger partial charge on any atom is 0.0972 e. The van der Waals surface area contributed by atoms with Crippen molar-refractivity contribution >= 4 is 0 Å². The van der Waals surface area contributed by atoms with E-state index in [0.717, 1.165) is 13.0 Å². The summed E-state index contributed by atoms with van der Waals surface area (Å²) in [6.45, 7) is 5.08. The molecule has 0 aliphatic heterocycles. The Morgan fingerprint density at radius 2 is 1.67 bits per heavy atom. The Morgan fingerprint density at radius 1 is 1.07 bits per heavy atom. The SMILES string of the molecule is CCCCCCCCNCC(C)(O)CO. The van der Waals surface area contributed by atoms with Crippen LogP contribution in [-0.2, 0) is 0 Å². The molecular formula is C12H27NO2. The fourth-order valence-electron chi connectivity index (χ4n) is 1.44. The number of aliphatic hydroxyl groups is 2. The summed E-state index contributed by atoms with van der Waals surface area (Å²) in [6.07, 6.45) is 7.69. The Balaban J connectivity index is 3.11. The molecule has 0 aromatic heterocycles. The Bertz CT molecular complexity index is 138. The molecule has 0 aromatic rings. The molecule has 0 radical (unpaired) electrons. The minimum atomic E-state index is -0.970. The van der Waals surface area contributed by atoms with Gasteiger partial charge in [0.25, 0.3) is 0 Å². The van der Waals surface area contributed by atoms with Gasteiger partial charge in [0.15, 0.2) is 0 Å². The first-order valence-electron chi connectivity index (χ1n) is 6.16. The molecule has 0 aliphatic rings. The van der Waals surface area contributed by atoms with Gasteiger partial charge in [-0.15, -0.1) is 0 Å². The van der Waals surface area contributed by atoms with E-state index in [9.17, 15) is 5.11 Å². The van der Waals surface area contributed by atoms with Crippen LogP contribution in [0.3, 0.4) is 0 Å². The molecular weight excluding hydrogens is 190 g/mol. The molecule has 0 heterocycles. The van der Waals surface area contributed by atoms with E-state index in [1.807, 2.05) is 0 Å². The normalized spacial score (nSPS) is 15.2. The van der Waals surface area contributed by atoms with Crippen molar-refractivity contribution in [2.24, 2.45) is 0 Å². The second kappa shape index (κ2) is 9.13. The molecule has 0 aliphatic carbocycles. The van der Waals surface area contributed by atoms with Gasteiger partial charge in [-0.05, 0) is 19.9 Å². The lowest BCUT2D eigenvalue weighted by Gasteiger charge is -2.20. The summed E-state index contributed by atoms with van der Waals surface area (Å²) in [7, 11) is 0. The van der Waals surface area contributed by atoms with Crippen molar-refractivity contribution < 1.29 is 10.2 Å². The second-order valence-corrected chi connectivity index (χ2v) is 4.60. The highest BCUT2D eigenvalue weighted by atomic mass is 16.3. The van der Waals surface area contributed by atoms with E-state index in [4.69, 9.17) is 5.11 Å². The molecule has 1 atom stereocenters. The molecule has 0 spiro atoms. The van der Waals surface area contributed by atoms with Gasteiger partial charge in [0, 0.05) is 6.54 Å². The minimum Gasteiger partial charge on any atom is -0.393 e. The minimum absolute atomic E-state index is 0.184. The first kappa shape index (κ1) is 14.9. The lowest BCUT2D eigenvalue weighted by Crippen LogP contribution is -2.41. The highest BCUT2D eigenvalue weighted by molar-refractivity contribution is 4.73. The third-order valence-corrected chi connectivity index (χ3v) is 2.55. The Hall–Kier alpha value is -0.120. The molecule has 0 amide bonds. The van der Waals surface area contributed by atoms with Gasteiger partial charge in [-0.25, -0.2) is 0 Å². The lowest BCUT2D eigenvalue weighted by molar-refractivity contribution is 0.00286.